The number of fused-ring (bicyclic) bond motifs is 1. The summed E-state index contributed by atoms with van der Waals surface area (Å²) in [4.78, 5) is 49.8. The standard InChI is InChI=1S/C39H56N4O5Si/c1-10-20-41(23-13-24-48-49(8,9)39(5,6)7)36(45)32-25-31-19-18-30(26-33(31)40-34(27-32)43(37(46)47)38(2,3)4)28-14-16-29(17-15-28)35(44)42-21-11-12-22-42/h14-19,25-26H,10-13,20-24,27H2,1-9H3,(H,46,47). The van der Waals surface area contributed by atoms with E-state index in [1.807, 2.05) is 79.1 Å². The minimum atomic E-state index is -1.90. The first-order valence-electron chi connectivity index (χ1n) is 17.7. The molecule has 0 unspecified atom stereocenters. The summed E-state index contributed by atoms with van der Waals surface area (Å²) >= 11 is 0. The van der Waals surface area contributed by atoms with Gasteiger partial charge >= 0.3 is 6.09 Å². The Hall–Kier alpha value is -3.76. The van der Waals surface area contributed by atoms with E-state index >= 15 is 0 Å². The number of aliphatic imine (C=N–C) groups is 1. The molecule has 2 heterocycles. The van der Waals surface area contributed by atoms with Gasteiger partial charge in [0.15, 0.2) is 8.32 Å². The molecule has 2 aromatic carbocycles. The van der Waals surface area contributed by atoms with Crippen molar-refractivity contribution >= 4 is 43.8 Å². The summed E-state index contributed by atoms with van der Waals surface area (Å²) in [7, 11) is -1.90. The second-order valence-electron chi connectivity index (χ2n) is 15.8. The van der Waals surface area contributed by atoms with E-state index < -0.39 is 19.9 Å². The second kappa shape index (κ2) is 15.4. The van der Waals surface area contributed by atoms with Gasteiger partial charge in [0.05, 0.1) is 5.69 Å². The van der Waals surface area contributed by atoms with Crippen molar-refractivity contribution in [3.63, 3.8) is 0 Å². The van der Waals surface area contributed by atoms with Crippen LogP contribution in [0.5, 0.6) is 0 Å². The zero-order chi connectivity index (χ0) is 36.1. The zero-order valence-electron chi connectivity index (χ0n) is 31.1. The quantitative estimate of drug-likeness (QED) is 0.199. The zero-order valence-corrected chi connectivity index (χ0v) is 32.1. The van der Waals surface area contributed by atoms with Crippen molar-refractivity contribution < 1.29 is 23.9 Å². The minimum absolute atomic E-state index is 0.0544. The lowest BCUT2D eigenvalue weighted by Gasteiger charge is -2.36. The van der Waals surface area contributed by atoms with Gasteiger partial charge in [-0.05, 0) is 100.0 Å². The third-order valence-electron chi connectivity index (χ3n) is 9.83. The summed E-state index contributed by atoms with van der Waals surface area (Å²) in [5.41, 5.74) is 3.52. The van der Waals surface area contributed by atoms with Crippen molar-refractivity contribution in [3.05, 3.63) is 59.2 Å². The van der Waals surface area contributed by atoms with Gasteiger partial charge in [-0.25, -0.2) is 9.79 Å². The highest BCUT2D eigenvalue weighted by Gasteiger charge is 2.37. The summed E-state index contributed by atoms with van der Waals surface area (Å²) in [6.07, 6.45) is 4.44. The van der Waals surface area contributed by atoms with Gasteiger partial charge in [0.25, 0.3) is 5.91 Å². The van der Waals surface area contributed by atoms with Crippen LogP contribution in [0.4, 0.5) is 10.5 Å². The number of carbonyl (C=O) groups excluding carboxylic acids is 2. The van der Waals surface area contributed by atoms with Crippen LogP contribution >= 0.6 is 0 Å². The molecule has 0 bridgehead atoms. The van der Waals surface area contributed by atoms with E-state index in [1.54, 1.807) is 0 Å². The van der Waals surface area contributed by atoms with Gasteiger partial charge in [-0.3, -0.25) is 14.5 Å². The molecule has 10 heteroatoms. The largest absolute Gasteiger partial charge is 0.465 e. The van der Waals surface area contributed by atoms with Crippen molar-refractivity contribution in [2.75, 3.05) is 32.8 Å². The van der Waals surface area contributed by atoms with Crippen LogP contribution in [0.2, 0.25) is 18.1 Å². The van der Waals surface area contributed by atoms with Crippen LogP contribution < -0.4 is 0 Å². The van der Waals surface area contributed by atoms with Crippen LogP contribution in [0.1, 0.15) is 96.5 Å². The lowest BCUT2D eigenvalue weighted by atomic mass is 9.99. The van der Waals surface area contributed by atoms with Gasteiger partial charge in [-0.2, -0.15) is 0 Å². The van der Waals surface area contributed by atoms with Crippen LogP contribution in [-0.2, 0) is 9.22 Å². The lowest BCUT2D eigenvalue weighted by molar-refractivity contribution is -0.127. The topological polar surface area (TPSA) is 103 Å². The fourth-order valence-corrected chi connectivity index (χ4v) is 7.16. The maximum Gasteiger partial charge on any atom is 0.413 e. The molecule has 49 heavy (non-hydrogen) atoms. The second-order valence-corrected chi connectivity index (χ2v) is 20.6. The molecule has 2 aromatic rings. The maximum absolute atomic E-state index is 14.2. The third-order valence-corrected chi connectivity index (χ3v) is 14.4. The highest BCUT2D eigenvalue weighted by Crippen LogP contribution is 2.37. The Morgan fingerprint density at radius 1 is 0.939 bits per heavy atom. The molecule has 9 nitrogen and oxygen atoms in total. The highest BCUT2D eigenvalue weighted by atomic mass is 28.4. The average molecular weight is 689 g/mol. The van der Waals surface area contributed by atoms with Gasteiger partial charge in [-0.15, -0.1) is 0 Å². The number of carbonyl (C=O) groups is 3. The molecule has 1 fully saturated rings. The normalized spacial score (nSPS) is 15.2. The van der Waals surface area contributed by atoms with Gasteiger partial charge in [0, 0.05) is 61.4 Å². The Morgan fingerprint density at radius 2 is 1.57 bits per heavy atom. The molecular formula is C39H56N4O5Si. The van der Waals surface area contributed by atoms with Crippen LogP contribution in [-0.4, -0.2) is 90.2 Å². The van der Waals surface area contributed by atoms with Crippen LogP contribution in [0.15, 0.2) is 53.0 Å². The highest BCUT2D eigenvalue weighted by molar-refractivity contribution is 6.74. The number of nitrogens with zero attached hydrogens (tertiary/aromatic N) is 4. The Bertz CT molecular complexity index is 1580. The predicted octanol–water partition coefficient (Wildman–Crippen LogP) is 8.84. The molecule has 266 valence electrons. The SMILES string of the molecule is CCCN(CCCO[Si](C)(C)C(C)(C)C)C(=O)C1=Cc2ccc(-c3ccc(C(=O)N4CCCC4)cc3)cc2N=C(N(C(=O)O)C(C)(C)C)C1. The molecule has 0 atom stereocenters. The van der Waals surface area contributed by atoms with E-state index in [9.17, 15) is 19.5 Å². The molecule has 0 aromatic heterocycles. The van der Waals surface area contributed by atoms with E-state index in [0.29, 0.717) is 42.4 Å². The van der Waals surface area contributed by atoms with Crippen molar-refractivity contribution in [3.8, 4) is 11.1 Å². The van der Waals surface area contributed by atoms with Gasteiger partial charge in [0.2, 0.25) is 5.91 Å². The van der Waals surface area contributed by atoms with E-state index in [0.717, 1.165) is 55.5 Å². The molecule has 4 rings (SSSR count). The van der Waals surface area contributed by atoms with Gasteiger partial charge in [0.1, 0.15) is 5.84 Å². The fraction of sp³-hybridized carbons (Fsp3) is 0.538. The van der Waals surface area contributed by atoms with Gasteiger partial charge < -0.3 is 19.3 Å². The molecule has 1 saturated heterocycles. The summed E-state index contributed by atoms with van der Waals surface area (Å²) in [6.45, 7) is 22.0. The minimum Gasteiger partial charge on any atom is -0.465 e. The van der Waals surface area contributed by atoms with Crippen molar-refractivity contribution in [2.45, 2.75) is 104 Å². The van der Waals surface area contributed by atoms with E-state index in [2.05, 4.69) is 40.8 Å². The first-order chi connectivity index (χ1) is 22.9. The molecule has 0 spiro atoms. The van der Waals surface area contributed by atoms with Crippen LogP contribution in [0, 0.1) is 0 Å². The smallest absolute Gasteiger partial charge is 0.413 e. The van der Waals surface area contributed by atoms with E-state index in [4.69, 9.17) is 9.42 Å². The number of amides is 3. The number of carboxylic acid groups (broad SMARTS) is 1. The number of hydrogen-bond acceptors (Lipinski definition) is 5. The molecule has 2 aliphatic heterocycles. The molecule has 0 radical (unpaired) electrons. The molecule has 2 aliphatic rings. The van der Waals surface area contributed by atoms with Crippen LogP contribution in [0.25, 0.3) is 17.2 Å². The number of benzene rings is 2. The Kier molecular flexibility index (Phi) is 12.0. The first-order valence-corrected chi connectivity index (χ1v) is 20.6. The Morgan fingerprint density at radius 3 is 2.14 bits per heavy atom. The molecule has 3 amide bonds. The first kappa shape index (κ1) is 38.0. The Labute approximate surface area is 294 Å². The van der Waals surface area contributed by atoms with Crippen molar-refractivity contribution in [2.24, 2.45) is 4.99 Å². The summed E-state index contributed by atoms with van der Waals surface area (Å²) in [5.74, 6) is 0.245. The third kappa shape index (κ3) is 9.28. The van der Waals surface area contributed by atoms with Crippen molar-refractivity contribution in [1.29, 1.82) is 0 Å². The predicted molar refractivity (Wildman–Crippen MR) is 201 cm³/mol. The summed E-state index contributed by atoms with van der Waals surface area (Å²) < 4.78 is 6.39. The van der Waals surface area contributed by atoms with Gasteiger partial charge in [-0.1, -0.05) is 52.0 Å². The number of likely N-dealkylation sites (tertiary alicyclic amines) is 1. The lowest BCUT2D eigenvalue weighted by Crippen LogP contribution is -2.49. The van der Waals surface area contributed by atoms with E-state index in [1.165, 1.54) is 4.90 Å². The monoisotopic (exact) mass is 688 g/mol. The number of rotatable bonds is 10. The van der Waals surface area contributed by atoms with E-state index in [-0.39, 0.29) is 23.3 Å². The summed E-state index contributed by atoms with van der Waals surface area (Å²) in [6, 6.07) is 13.4. The average Bonchev–Trinajstić information content (AvgIpc) is 3.49. The number of amidine groups is 1. The van der Waals surface area contributed by atoms with Crippen molar-refractivity contribution in [1.82, 2.24) is 14.7 Å². The summed E-state index contributed by atoms with van der Waals surface area (Å²) in [5, 5.41) is 10.5. The fourth-order valence-electron chi connectivity index (χ4n) is 6.08. The molecule has 0 saturated carbocycles. The molecule has 0 aliphatic carbocycles. The Balaban J connectivity index is 1.66. The molecular weight excluding hydrogens is 633 g/mol. The maximum atomic E-state index is 14.2. The molecule has 1 N–H and O–H groups in total. The van der Waals surface area contributed by atoms with Crippen LogP contribution in [0.3, 0.4) is 0 Å². The number of hydrogen-bond donors (Lipinski definition) is 1.